The van der Waals surface area contributed by atoms with Crippen LogP contribution in [0.2, 0.25) is 0 Å². The molecule has 0 spiro atoms. The van der Waals surface area contributed by atoms with Crippen molar-refractivity contribution in [2.24, 2.45) is 7.05 Å². The van der Waals surface area contributed by atoms with Gasteiger partial charge in [-0.25, -0.2) is 13.4 Å². The molecule has 0 radical (unpaired) electrons. The number of nitrogens with two attached hydrogens (primary N) is 1. The first-order valence-corrected chi connectivity index (χ1v) is 11.7. The smallest absolute Gasteiger partial charge is 0.251 e. The van der Waals surface area contributed by atoms with Gasteiger partial charge in [0.2, 0.25) is 9.84 Å². The molecular formula is C20H26N6O4S. The zero-order chi connectivity index (χ0) is 22.2. The number of methoxy groups -OCH3 is 1. The van der Waals surface area contributed by atoms with Gasteiger partial charge in [-0.15, -0.1) is 0 Å². The number of nitrogens with zero attached hydrogens (tertiary/aromatic N) is 5. The second kappa shape index (κ2) is 8.31. The summed E-state index contributed by atoms with van der Waals surface area (Å²) in [5, 5.41) is -0.221. The molecular weight excluding hydrogens is 420 g/mol. The van der Waals surface area contributed by atoms with Gasteiger partial charge >= 0.3 is 0 Å². The molecule has 3 aromatic rings. The third-order valence-electron chi connectivity index (χ3n) is 5.33. The van der Waals surface area contributed by atoms with Crippen LogP contribution in [-0.2, 0) is 33.8 Å². The zero-order valence-corrected chi connectivity index (χ0v) is 18.6. The lowest BCUT2D eigenvalue weighted by atomic mass is 10.2. The molecule has 1 fully saturated rings. The topological polar surface area (TPSA) is 125 Å². The molecule has 1 aliphatic heterocycles. The van der Waals surface area contributed by atoms with E-state index in [1.165, 1.54) is 7.11 Å². The van der Waals surface area contributed by atoms with Gasteiger partial charge in [-0.3, -0.25) is 0 Å². The summed E-state index contributed by atoms with van der Waals surface area (Å²) in [5.74, 6) is 1.57. The predicted octanol–water partition coefficient (Wildman–Crippen LogP) is 1.33. The number of rotatable bonds is 6. The van der Waals surface area contributed by atoms with E-state index >= 15 is 0 Å². The van der Waals surface area contributed by atoms with E-state index in [-0.39, 0.29) is 10.9 Å². The fraction of sp³-hybridized carbons (Fsp3) is 0.450. The van der Waals surface area contributed by atoms with Gasteiger partial charge in [-0.05, 0) is 17.7 Å². The predicted molar refractivity (Wildman–Crippen MR) is 117 cm³/mol. The van der Waals surface area contributed by atoms with Gasteiger partial charge in [-0.2, -0.15) is 9.97 Å². The van der Waals surface area contributed by atoms with E-state index in [2.05, 4.69) is 15.0 Å². The number of morpholine rings is 1. The van der Waals surface area contributed by atoms with Crippen molar-refractivity contribution in [3.05, 3.63) is 29.6 Å². The van der Waals surface area contributed by atoms with Crippen molar-refractivity contribution in [2.45, 2.75) is 24.3 Å². The van der Waals surface area contributed by atoms with Gasteiger partial charge in [0.15, 0.2) is 17.0 Å². The van der Waals surface area contributed by atoms with Crippen LogP contribution >= 0.6 is 0 Å². The average molecular weight is 447 g/mol. The molecule has 0 saturated carbocycles. The number of hydrogen-bond donors (Lipinski definition) is 1. The standard InChI is InChI=1S/C20H26N6O4S/c1-4-16-22-17-18(25(16)2)23-20(24-19(17)26-7-9-30-10-8-26)31(27,28)12-13-5-6-15(29-3)14(21)11-13/h5-6,11H,4,7-10,12,21H2,1-3H3. The van der Waals surface area contributed by atoms with E-state index in [9.17, 15) is 8.42 Å². The number of fused-ring (bicyclic) bond motifs is 1. The maximum Gasteiger partial charge on any atom is 0.251 e. The fourth-order valence-electron chi connectivity index (χ4n) is 3.68. The molecule has 0 atom stereocenters. The van der Waals surface area contributed by atoms with Crippen molar-refractivity contribution >= 4 is 32.5 Å². The minimum absolute atomic E-state index is 0.221. The summed E-state index contributed by atoms with van der Waals surface area (Å²) in [6.45, 7) is 4.31. The number of benzene rings is 1. The van der Waals surface area contributed by atoms with Crippen LogP contribution in [0, 0.1) is 0 Å². The van der Waals surface area contributed by atoms with Gasteiger partial charge in [0.05, 0.1) is 31.8 Å². The van der Waals surface area contributed by atoms with Crippen molar-refractivity contribution in [2.75, 3.05) is 44.0 Å². The van der Waals surface area contributed by atoms with E-state index < -0.39 is 9.84 Å². The normalized spacial score (nSPS) is 14.9. The van der Waals surface area contributed by atoms with Crippen LogP contribution in [0.15, 0.2) is 23.4 Å². The SMILES string of the molecule is CCc1nc2c(N3CCOCC3)nc(S(=O)(=O)Cc3ccc(OC)c(N)c3)nc2n1C. The fourth-order valence-corrected chi connectivity index (χ4v) is 4.88. The Hall–Kier alpha value is -2.92. The number of ether oxygens (including phenoxy) is 2. The third-order valence-corrected chi connectivity index (χ3v) is 6.78. The molecule has 1 aliphatic rings. The largest absolute Gasteiger partial charge is 0.495 e. The first kappa shape index (κ1) is 21.3. The molecule has 10 nitrogen and oxygen atoms in total. The van der Waals surface area contributed by atoms with Crippen LogP contribution in [0.25, 0.3) is 11.2 Å². The minimum atomic E-state index is -3.83. The van der Waals surface area contributed by atoms with Crippen molar-refractivity contribution in [1.29, 1.82) is 0 Å². The summed E-state index contributed by atoms with van der Waals surface area (Å²) >= 11 is 0. The highest BCUT2D eigenvalue weighted by Gasteiger charge is 2.27. The number of hydrogen-bond acceptors (Lipinski definition) is 9. The Kier molecular flexibility index (Phi) is 5.71. The summed E-state index contributed by atoms with van der Waals surface area (Å²) in [7, 11) is -0.485. The first-order valence-electron chi connectivity index (χ1n) is 10.0. The van der Waals surface area contributed by atoms with E-state index in [1.54, 1.807) is 18.2 Å². The Morgan fingerprint density at radius 3 is 2.58 bits per heavy atom. The molecule has 31 heavy (non-hydrogen) atoms. The van der Waals surface area contributed by atoms with E-state index in [4.69, 9.17) is 15.2 Å². The molecule has 3 heterocycles. The summed E-state index contributed by atoms with van der Waals surface area (Å²) in [6.07, 6.45) is 0.697. The summed E-state index contributed by atoms with van der Waals surface area (Å²) in [4.78, 5) is 15.6. The molecule has 0 unspecified atom stereocenters. The quantitative estimate of drug-likeness (QED) is 0.441. The van der Waals surface area contributed by atoms with Crippen molar-refractivity contribution in [3.63, 3.8) is 0 Å². The Morgan fingerprint density at radius 2 is 1.94 bits per heavy atom. The number of aryl methyl sites for hydroxylation is 2. The van der Waals surface area contributed by atoms with E-state index in [1.807, 2.05) is 23.4 Å². The monoisotopic (exact) mass is 446 g/mol. The van der Waals surface area contributed by atoms with Crippen molar-refractivity contribution in [1.82, 2.24) is 19.5 Å². The molecule has 4 rings (SSSR count). The van der Waals surface area contributed by atoms with Gasteiger partial charge in [0.1, 0.15) is 11.6 Å². The van der Waals surface area contributed by atoms with Gasteiger partial charge < -0.3 is 24.7 Å². The number of anilines is 2. The Labute approximate surface area is 180 Å². The summed E-state index contributed by atoms with van der Waals surface area (Å²) in [5.41, 5.74) is 7.96. The number of nitrogen functional groups attached to an aromatic ring is 1. The molecule has 0 amide bonds. The van der Waals surface area contributed by atoms with Crippen LogP contribution in [0.1, 0.15) is 18.3 Å². The summed E-state index contributed by atoms with van der Waals surface area (Å²) in [6, 6.07) is 4.92. The molecule has 0 aliphatic carbocycles. The lowest BCUT2D eigenvalue weighted by Gasteiger charge is -2.28. The molecule has 11 heteroatoms. The maximum atomic E-state index is 13.3. The van der Waals surface area contributed by atoms with Crippen LogP contribution in [0.5, 0.6) is 5.75 Å². The lowest BCUT2D eigenvalue weighted by Crippen LogP contribution is -2.37. The van der Waals surface area contributed by atoms with Crippen molar-refractivity contribution in [3.8, 4) is 5.75 Å². The van der Waals surface area contributed by atoms with Crippen molar-refractivity contribution < 1.29 is 17.9 Å². The highest BCUT2D eigenvalue weighted by Crippen LogP contribution is 2.28. The highest BCUT2D eigenvalue weighted by molar-refractivity contribution is 7.90. The Morgan fingerprint density at radius 1 is 1.19 bits per heavy atom. The van der Waals surface area contributed by atoms with Crippen LogP contribution < -0.4 is 15.4 Å². The molecule has 1 saturated heterocycles. The lowest BCUT2D eigenvalue weighted by molar-refractivity contribution is 0.122. The second-order valence-electron chi connectivity index (χ2n) is 7.38. The molecule has 166 valence electrons. The van der Waals surface area contributed by atoms with Crippen LogP contribution in [0.3, 0.4) is 0 Å². The molecule has 2 N–H and O–H groups in total. The van der Waals surface area contributed by atoms with E-state index in [0.717, 1.165) is 5.82 Å². The van der Waals surface area contributed by atoms with Crippen LogP contribution in [-0.4, -0.2) is 61.3 Å². The number of imidazole rings is 1. The summed E-state index contributed by atoms with van der Waals surface area (Å²) < 4.78 is 38.9. The molecule has 2 aromatic heterocycles. The van der Waals surface area contributed by atoms with Gasteiger partial charge in [0, 0.05) is 26.6 Å². The third kappa shape index (κ3) is 4.02. The van der Waals surface area contributed by atoms with Crippen LogP contribution in [0.4, 0.5) is 11.5 Å². The van der Waals surface area contributed by atoms with Gasteiger partial charge in [0.25, 0.3) is 5.16 Å². The number of sulfone groups is 1. The minimum Gasteiger partial charge on any atom is -0.495 e. The highest BCUT2D eigenvalue weighted by atomic mass is 32.2. The zero-order valence-electron chi connectivity index (χ0n) is 17.8. The molecule has 1 aromatic carbocycles. The Bertz CT molecular complexity index is 1220. The number of aromatic nitrogens is 4. The molecule has 0 bridgehead atoms. The van der Waals surface area contributed by atoms with Gasteiger partial charge in [-0.1, -0.05) is 13.0 Å². The maximum absolute atomic E-state index is 13.3. The Balaban J connectivity index is 1.80. The van der Waals surface area contributed by atoms with E-state index in [0.29, 0.717) is 66.7 Å². The second-order valence-corrected chi connectivity index (χ2v) is 9.26. The first-order chi connectivity index (χ1) is 14.8. The average Bonchev–Trinajstić information content (AvgIpc) is 3.09.